The second kappa shape index (κ2) is 6.43. The first kappa shape index (κ1) is 18.4. The third-order valence-electron chi connectivity index (χ3n) is 5.36. The fourth-order valence-corrected chi connectivity index (χ4v) is 5.58. The van der Waals surface area contributed by atoms with E-state index in [-0.39, 0.29) is 12.1 Å². The highest BCUT2D eigenvalue weighted by atomic mass is 32.1. The number of carbonyl (C=O) groups is 1. The van der Waals surface area contributed by atoms with Gasteiger partial charge in [-0.3, -0.25) is 5.32 Å². The van der Waals surface area contributed by atoms with Crippen LogP contribution in [0.25, 0.3) is 20.4 Å². The standard InChI is InChI=1S/C20H16F2N4OS2/c1-9-23-13-5-6-14-17(16(13)28-9)29-19(24-14)26-18(27)25-15-8-20(15,2)10-3-4-11(21)12(22)7-10/h3-7,15H,8H2,1-2H3,(H2,24,25,26,27). The Balaban J connectivity index is 1.31. The molecule has 9 heteroatoms. The zero-order valence-electron chi connectivity index (χ0n) is 15.5. The SMILES string of the molecule is Cc1nc2ccc3nc(NC(=O)NC4CC4(C)c4ccc(F)c(F)c4)sc3c2s1. The topological polar surface area (TPSA) is 66.9 Å². The number of fused-ring (bicyclic) bond motifs is 3. The summed E-state index contributed by atoms with van der Waals surface area (Å²) in [6.45, 7) is 3.88. The van der Waals surface area contributed by atoms with E-state index in [2.05, 4.69) is 20.6 Å². The molecule has 0 spiro atoms. The summed E-state index contributed by atoms with van der Waals surface area (Å²) in [4.78, 5) is 21.4. The molecule has 29 heavy (non-hydrogen) atoms. The molecule has 4 aromatic rings. The third-order valence-corrected chi connectivity index (χ3v) is 7.50. The molecule has 0 aliphatic heterocycles. The predicted molar refractivity (Wildman–Crippen MR) is 112 cm³/mol. The number of hydrogen-bond acceptors (Lipinski definition) is 5. The quantitative estimate of drug-likeness (QED) is 0.461. The summed E-state index contributed by atoms with van der Waals surface area (Å²) >= 11 is 3.02. The van der Waals surface area contributed by atoms with Crippen LogP contribution in [0.5, 0.6) is 0 Å². The molecule has 2 aromatic heterocycles. The molecular formula is C20H16F2N4OS2. The van der Waals surface area contributed by atoms with Gasteiger partial charge in [-0.15, -0.1) is 11.3 Å². The lowest BCUT2D eigenvalue weighted by Gasteiger charge is -2.13. The van der Waals surface area contributed by atoms with Crippen LogP contribution in [0.3, 0.4) is 0 Å². The van der Waals surface area contributed by atoms with Gasteiger partial charge in [0.1, 0.15) is 0 Å². The molecular weight excluding hydrogens is 414 g/mol. The molecule has 0 radical (unpaired) electrons. The van der Waals surface area contributed by atoms with E-state index in [1.54, 1.807) is 17.4 Å². The van der Waals surface area contributed by atoms with E-state index in [1.807, 2.05) is 26.0 Å². The Morgan fingerprint density at radius 2 is 1.83 bits per heavy atom. The Morgan fingerprint density at radius 1 is 1.10 bits per heavy atom. The van der Waals surface area contributed by atoms with Gasteiger partial charge in [0, 0.05) is 11.5 Å². The Hall–Kier alpha value is -2.65. The van der Waals surface area contributed by atoms with Crippen molar-refractivity contribution in [2.24, 2.45) is 0 Å². The van der Waals surface area contributed by atoms with Crippen molar-refractivity contribution >= 4 is 54.3 Å². The molecule has 5 nitrogen and oxygen atoms in total. The Bertz CT molecular complexity index is 1280. The first-order chi connectivity index (χ1) is 13.8. The van der Waals surface area contributed by atoms with Crippen LogP contribution >= 0.6 is 22.7 Å². The molecule has 148 valence electrons. The van der Waals surface area contributed by atoms with Gasteiger partial charge >= 0.3 is 6.03 Å². The van der Waals surface area contributed by atoms with Gasteiger partial charge in [-0.1, -0.05) is 24.3 Å². The lowest BCUT2D eigenvalue weighted by molar-refractivity contribution is 0.251. The number of anilines is 1. The van der Waals surface area contributed by atoms with Crippen molar-refractivity contribution in [3.8, 4) is 0 Å². The van der Waals surface area contributed by atoms with Crippen LogP contribution in [-0.4, -0.2) is 22.0 Å². The average Bonchev–Trinajstić information content (AvgIpc) is 3.01. The number of nitrogens with zero attached hydrogens (tertiary/aromatic N) is 2. The molecule has 1 aliphatic carbocycles. The predicted octanol–water partition coefficient (Wildman–Crippen LogP) is 5.34. The zero-order chi connectivity index (χ0) is 20.3. The number of carbonyl (C=O) groups excluding carboxylic acids is 1. The van der Waals surface area contributed by atoms with Crippen LogP contribution in [-0.2, 0) is 5.41 Å². The van der Waals surface area contributed by atoms with Crippen molar-refractivity contribution in [3.63, 3.8) is 0 Å². The molecule has 2 heterocycles. The van der Waals surface area contributed by atoms with Crippen LogP contribution in [0.1, 0.15) is 23.9 Å². The minimum absolute atomic E-state index is 0.155. The number of halogens is 2. The summed E-state index contributed by atoms with van der Waals surface area (Å²) in [6, 6.07) is 7.20. The van der Waals surface area contributed by atoms with Gasteiger partial charge in [-0.05, 0) is 43.2 Å². The summed E-state index contributed by atoms with van der Waals surface area (Å²) in [6.07, 6.45) is 0.659. The molecule has 1 saturated carbocycles. The molecule has 0 saturated heterocycles. The third kappa shape index (κ3) is 3.14. The van der Waals surface area contributed by atoms with Crippen molar-refractivity contribution in [1.82, 2.24) is 15.3 Å². The number of benzene rings is 2. The van der Waals surface area contributed by atoms with Crippen LogP contribution in [0.4, 0.5) is 18.7 Å². The lowest BCUT2D eigenvalue weighted by Crippen LogP contribution is -2.34. The maximum Gasteiger partial charge on any atom is 0.321 e. The molecule has 2 aromatic carbocycles. The number of aromatic nitrogens is 2. The Kier molecular flexibility index (Phi) is 4.08. The summed E-state index contributed by atoms with van der Waals surface area (Å²) in [5.41, 5.74) is 2.01. The van der Waals surface area contributed by atoms with Crippen molar-refractivity contribution in [2.45, 2.75) is 31.7 Å². The summed E-state index contributed by atoms with van der Waals surface area (Å²) in [5.74, 6) is -1.75. The largest absolute Gasteiger partial charge is 0.334 e. The number of hydrogen-bond donors (Lipinski definition) is 2. The number of aryl methyl sites for hydroxylation is 1. The minimum Gasteiger partial charge on any atom is -0.334 e. The highest BCUT2D eigenvalue weighted by Gasteiger charge is 2.52. The van der Waals surface area contributed by atoms with E-state index in [9.17, 15) is 13.6 Å². The molecule has 5 rings (SSSR count). The van der Waals surface area contributed by atoms with E-state index in [0.29, 0.717) is 17.1 Å². The molecule has 1 aliphatic rings. The average molecular weight is 431 g/mol. The fraction of sp³-hybridized carbons (Fsp3) is 0.250. The number of amides is 2. The monoisotopic (exact) mass is 430 g/mol. The number of nitrogens with one attached hydrogen (secondary N) is 2. The van der Waals surface area contributed by atoms with E-state index < -0.39 is 17.0 Å². The van der Waals surface area contributed by atoms with Crippen molar-refractivity contribution in [1.29, 1.82) is 0 Å². The number of urea groups is 1. The van der Waals surface area contributed by atoms with Crippen molar-refractivity contribution in [2.75, 3.05) is 5.32 Å². The van der Waals surface area contributed by atoms with Crippen molar-refractivity contribution < 1.29 is 13.6 Å². The van der Waals surface area contributed by atoms with Crippen LogP contribution in [0, 0.1) is 18.6 Å². The van der Waals surface area contributed by atoms with Gasteiger partial charge in [-0.25, -0.2) is 23.5 Å². The van der Waals surface area contributed by atoms with Crippen LogP contribution in [0.15, 0.2) is 30.3 Å². The van der Waals surface area contributed by atoms with Gasteiger partial charge in [0.2, 0.25) is 0 Å². The van der Waals surface area contributed by atoms with Crippen molar-refractivity contribution in [3.05, 3.63) is 52.5 Å². The van der Waals surface area contributed by atoms with Gasteiger partial charge < -0.3 is 5.32 Å². The highest BCUT2D eigenvalue weighted by molar-refractivity contribution is 7.28. The second-order valence-electron chi connectivity index (χ2n) is 7.42. The van der Waals surface area contributed by atoms with E-state index in [1.165, 1.54) is 17.4 Å². The first-order valence-electron chi connectivity index (χ1n) is 9.03. The highest BCUT2D eigenvalue weighted by Crippen LogP contribution is 2.48. The summed E-state index contributed by atoms with van der Waals surface area (Å²) < 4.78 is 28.8. The van der Waals surface area contributed by atoms with Crippen LogP contribution < -0.4 is 10.6 Å². The molecule has 2 N–H and O–H groups in total. The van der Waals surface area contributed by atoms with Gasteiger partial charge in [0.25, 0.3) is 0 Å². The first-order valence-corrected chi connectivity index (χ1v) is 10.7. The fourth-order valence-electron chi connectivity index (χ4n) is 3.58. The minimum atomic E-state index is -0.877. The zero-order valence-corrected chi connectivity index (χ0v) is 17.2. The summed E-state index contributed by atoms with van der Waals surface area (Å²) in [7, 11) is 0. The van der Waals surface area contributed by atoms with Crippen LogP contribution in [0.2, 0.25) is 0 Å². The maximum atomic E-state index is 13.5. The maximum absolute atomic E-state index is 13.5. The molecule has 2 amide bonds. The molecule has 0 bridgehead atoms. The molecule has 2 atom stereocenters. The Labute approximate surface area is 172 Å². The number of rotatable bonds is 3. The normalized spacial score (nSPS) is 20.9. The van der Waals surface area contributed by atoms with Gasteiger partial charge in [0.15, 0.2) is 16.8 Å². The van der Waals surface area contributed by atoms with E-state index in [0.717, 1.165) is 31.5 Å². The smallest absolute Gasteiger partial charge is 0.321 e. The second-order valence-corrected chi connectivity index (χ2v) is 9.62. The van der Waals surface area contributed by atoms with E-state index >= 15 is 0 Å². The van der Waals surface area contributed by atoms with Gasteiger partial charge in [-0.2, -0.15) is 0 Å². The van der Waals surface area contributed by atoms with Gasteiger partial charge in [0.05, 0.1) is 25.4 Å². The lowest BCUT2D eigenvalue weighted by atomic mass is 9.97. The molecule has 2 unspecified atom stereocenters. The summed E-state index contributed by atoms with van der Waals surface area (Å²) in [5, 5.41) is 7.18. The molecule has 1 fully saturated rings. The van der Waals surface area contributed by atoms with E-state index in [4.69, 9.17) is 0 Å². The Morgan fingerprint density at radius 3 is 2.59 bits per heavy atom. The number of thiazole rings is 2.